The van der Waals surface area contributed by atoms with Crippen LogP contribution in [0.3, 0.4) is 0 Å². The van der Waals surface area contributed by atoms with Crippen molar-refractivity contribution in [3.63, 3.8) is 0 Å². The summed E-state index contributed by atoms with van der Waals surface area (Å²) in [4.78, 5) is 22.7. The molecule has 0 saturated heterocycles. The molecule has 1 aliphatic heterocycles. The van der Waals surface area contributed by atoms with Gasteiger partial charge in [-0.15, -0.1) is 0 Å². The number of fused-ring (bicyclic) bond motifs is 1. The van der Waals surface area contributed by atoms with Crippen molar-refractivity contribution in [2.24, 2.45) is 0 Å². The Bertz CT molecular complexity index is 610. The lowest BCUT2D eigenvalue weighted by Crippen LogP contribution is -2.53. The van der Waals surface area contributed by atoms with Gasteiger partial charge in [-0.25, -0.2) is 4.79 Å². The van der Waals surface area contributed by atoms with E-state index in [0.29, 0.717) is 5.56 Å². The summed E-state index contributed by atoms with van der Waals surface area (Å²) < 4.78 is 5.23. The topological polar surface area (TPSA) is 95.9 Å². The Labute approximate surface area is 131 Å². The van der Waals surface area contributed by atoms with Crippen LogP contribution in [-0.2, 0) is 11.2 Å². The van der Waals surface area contributed by atoms with Crippen LogP contribution in [0.4, 0.5) is 0 Å². The molecule has 1 amide bonds. The molecule has 0 spiro atoms. The molecule has 1 aromatic carbocycles. The molecule has 0 aromatic heterocycles. The lowest BCUT2D eigenvalue weighted by molar-refractivity contribution is -0.121. The van der Waals surface area contributed by atoms with Gasteiger partial charge in [0.1, 0.15) is 11.3 Å². The second-order valence-corrected chi connectivity index (χ2v) is 5.37. The fourth-order valence-electron chi connectivity index (χ4n) is 2.11. The summed E-state index contributed by atoms with van der Waals surface area (Å²) in [7, 11) is -1.36. The zero-order chi connectivity index (χ0) is 15.7. The van der Waals surface area contributed by atoms with E-state index in [9.17, 15) is 19.7 Å². The molecular formula is C12H12BCl2NO5. The average molecular weight is 332 g/mol. The van der Waals surface area contributed by atoms with Gasteiger partial charge in [0.2, 0.25) is 5.91 Å². The van der Waals surface area contributed by atoms with E-state index in [2.05, 4.69) is 5.32 Å². The first-order chi connectivity index (χ1) is 9.85. The number of aromatic carboxylic acids is 1. The zero-order valence-electron chi connectivity index (χ0n) is 11.0. The van der Waals surface area contributed by atoms with Gasteiger partial charge in [0.05, 0.1) is 16.0 Å². The SMILES string of the molecule is CCC(=O)NC1Cc2cc(Cl)c(Cl)c(C(=O)O)c2OB1O. The zero-order valence-corrected chi connectivity index (χ0v) is 12.5. The molecule has 0 fully saturated rings. The Balaban J connectivity index is 2.42. The summed E-state index contributed by atoms with van der Waals surface area (Å²) in [5, 5.41) is 21.7. The predicted molar refractivity (Wildman–Crippen MR) is 77.9 cm³/mol. The molecule has 1 atom stereocenters. The molecule has 1 unspecified atom stereocenters. The van der Waals surface area contributed by atoms with Crippen LogP contribution in [0.2, 0.25) is 10.0 Å². The minimum atomic E-state index is -1.36. The lowest BCUT2D eigenvalue weighted by atomic mass is 9.72. The van der Waals surface area contributed by atoms with Crippen LogP contribution < -0.4 is 9.97 Å². The number of carbonyl (C=O) groups excluding carboxylic acids is 1. The average Bonchev–Trinajstić information content (AvgIpc) is 2.41. The molecule has 0 radical (unpaired) electrons. The van der Waals surface area contributed by atoms with Crippen molar-refractivity contribution < 1.29 is 24.4 Å². The number of rotatable bonds is 3. The van der Waals surface area contributed by atoms with Crippen molar-refractivity contribution in [1.82, 2.24) is 5.32 Å². The quantitative estimate of drug-likeness (QED) is 0.730. The number of halogens is 2. The number of carbonyl (C=O) groups is 2. The van der Waals surface area contributed by atoms with E-state index in [1.165, 1.54) is 6.07 Å². The molecule has 3 N–H and O–H groups in total. The molecule has 1 aliphatic rings. The number of benzene rings is 1. The van der Waals surface area contributed by atoms with Gasteiger partial charge < -0.3 is 20.1 Å². The Morgan fingerprint density at radius 1 is 1.52 bits per heavy atom. The van der Waals surface area contributed by atoms with Crippen LogP contribution in [0.1, 0.15) is 29.3 Å². The molecule has 9 heteroatoms. The van der Waals surface area contributed by atoms with Crippen LogP contribution in [0, 0.1) is 0 Å². The summed E-state index contributed by atoms with van der Waals surface area (Å²) in [6.07, 6.45) is 0.456. The minimum absolute atomic E-state index is 0.0219. The Morgan fingerprint density at radius 3 is 2.76 bits per heavy atom. The maximum absolute atomic E-state index is 11.4. The number of carboxylic acid groups (broad SMARTS) is 1. The van der Waals surface area contributed by atoms with Crippen molar-refractivity contribution in [3.05, 3.63) is 27.2 Å². The molecule has 1 aromatic rings. The third kappa shape index (κ3) is 3.10. The lowest BCUT2D eigenvalue weighted by Gasteiger charge is -2.29. The predicted octanol–water partition coefficient (Wildman–Crippen LogP) is 1.54. The van der Waals surface area contributed by atoms with E-state index in [0.717, 1.165) is 0 Å². The third-order valence-corrected chi connectivity index (χ3v) is 3.94. The van der Waals surface area contributed by atoms with Crippen LogP contribution in [0.5, 0.6) is 5.75 Å². The number of nitrogens with one attached hydrogen (secondary N) is 1. The molecule has 21 heavy (non-hydrogen) atoms. The molecule has 2 rings (SSSR count). The smallest absolute Gasteiger partial charge is 0.534 e. The van der Waals surface area contributed by atoms with E-state index < -0.39 is 19.0 Å². The van der Waals surface area contributed by atoms with E-state index in [1.54, 1.807) is 6.92 Å². The van der Waals surface area contributed by atoms with Crippen molar-refractivity contribution >= 4 is 42.2 Å². The van der Waals surface area contributed by atoms with Crippen molar-refractivity contribution in [2.45, 2.75) is 25.7 Å². The Kier molecular flexibility index (Phi) is 4.66. The maximum Gasteiger partial charge on any atom is 0.547 e. The summed E-state index contributed by atoms with van der Waals surface area (Å²) in [6, 6.07) is 1.47. The minimum Gasteiger partial charge on any atom is -0.534 e. The highest BCUT2D eigenvalue weighted by atomic mass is 35.5. The maximum atomic E-state index is 11.4. The van der Waals surface area contributed by atoms with Gasteiger partial charge in [-0.1, -0.05) is 30.1 Å². The molecule has 0 saturated carbocycles. The largest absolute Gasteiger partial charge is 0.547 e. The van der Waals surface area contributed by atoms with Crippen LogP contribution in [0.15, 0.2) is 6.07 Å². The standard InChI is InChI=1S/C12H12BCl2NO5/c1-2-8(17)16-7-4-5-3-6(14)10(15)9(12(18)19)11(5)21-13(7)20/h3,7,20H,2,4H2,1H3,(H,16,17)(H,18,19). The highest BCUT2D eigenvalue weighted by Crippen LogP contribution is 2.39. The van der Waals surface area contributed by atoms with Crippen molar-refractivity contribution in [1.29, 1.82) is 0 Å². The van der Waals surface area contributed by atoms with Crippen molar-refractivity contribution in [3.8, 4) is 5.75 Å². The number of hydrogen-bond acceptors (Lipinski definition) is 4. The summed E-state index contributed by atoms with van der Waals surface area (Å²) in [5.74, 6) is -2.25. The van der Waals surface area contributed by atoms with Crippen LogP contribution >= 0.6 is 23.2 Å². The van der Waals surface area contributed by atoms with Crippen LogP contribution in [-0.4, -0.2) is 35.1 Å². The van der Waals surface area contributed by atoms with E-state index in [1.807, 2.05) is 0 Å². The first kappa shape index (κ1) is 15.9. The monoisotopic (exact) mass is 331 g/mol. The van der Waals surface area contributed by atoms with E-state index in [4.69, 9.17) is 27.9 Å². The first-order valence-electron chi connectivity index (χ1n) is 6.23. The van der Waals surface area contributed by atoms with Gasteiger partial charge in [0, 0.05) is 6.42 Å². The second-order valence-electron chi connectivity index (χ2n) is 4.58. The van der Waals surface area contributed by atoms with Crippen LogP contribution in [0.25, 0.3) is 0 Å². The molecule has 0 bridgehead atoms. The van der Waals surface area contributed by atoms with Crippen molar-refractivity contribution in [2.75, 3.05) is 0 Å². The normalized spacial score (nSPS) is 17.0. The number of amides is 1. The molecular weight excluding hydrogens is 320 g/mol. The van der Waals surface area contributed by atoms with E-state index >= 15 is 0 Å². The fourth-order valence-corrected chi connectivity index (χ4v) is 2.56. The first-order valence-corrected chi connectivity index (χ1v) is 6.99. The third-order valence-electron chi connectivity index (χ3n) is 3.15. The van der Waals surface area contributed by atoms with Gasteiger partial charge in [0.15, 0.2) is 0 Å². The highest BCUT2D eigenvalue weighted by molar-refractivity contribution is 6.48. The summed E-state index contributed by atoms with van der Waals surface area (Å²) in [6.45, 7) is 1.68. The Morgan fingerprint density at radius 2 is 2.19 bits per heavy atom. The fraction of sp³-hybridized carbons (Fsp3) is 0.333. The van der Waals surface area contributed by atoms with Gasteiger partial charge in [-0.05, 0) is 18.1 Å². The number of carboxylic acids is 1. The van der Waals surface area contributed by atoms with Gasteiger partial charge >= 0.3 is 13.1 Å². The molecule has 6 nitrogen and oxygen atoms in total. The van der Waals surface area contributed by atoms with E-state index in [-0.39, 0.29) is 40.1 Å². The number of hydrogen-bond donors (Lipinski definition) is 3. The Hall–Kier alpha value is -1.44. The molecule has 112 valence electrons. The second kappa shape index (κ2) is 6.13. The molecule has 0 aliphatic carbocycles. The summed E-state index contributed by atoms with van der Waals surface area (Å²) in [5.41, 5.74) is 0.173. The van der Waals surface area contributed by atoms with Gasteiger partial charge in [-0.3, -0.25) is 4.79 Å². The molecule has 1 heterocycles. The summed E-state index contributed by atoms with van der Waals surface area (Å²) >= 11 is 11.8. The van der Waals surface area contributed by atoms with Gasteiger partial charge in [0.25, 0.3) is 0 Å². The van der Waals surface area contributed by atoms with Gasteiger partial charge in [-0.2, -0.15) is 0 Å². The highest BCUT2D eigenvalue weighted by Gasteiger charge is 2.38.